The number of nitrogens with one attached hydrogen (secondary N) is 1. The predicted molar refractivity (Wildman–Crippen MR) is 166 cm³/mol. The molecule has 3 saturated heterocycles. The van der Waals surface area contributed by atoms with Crippen molar-refractivity contribution in [1.82, 2.24) is 10.2 Å². The molecule has 250 valence electrons. The standard InChI is InChI=1S/C35H52N2O8/c1-31(2,3)32(4,39)25-18-33-21-36-35(25,41-6)30-34(33)11-12-37(19-22-7-8-22)26(33)17-23-9-10-24(29(45-30)28(23)34)44-27(38)20-43-16-15-42-14-13-40-5/h9-10,22,25-26,30,36,39H,7-8,11-21H2,1-6H3/t25-,26?,30+,32+,33-,34?,35?/m1/s1. The Bertz CT molecular complexity index is 1310. The summed E-state index contributed by atoms with van der Waals surface area (Å²) in [6.07, 6.45) is 4.96. The van der Waals surface area contributed by atoms with E-state index in [-0.39, 0.29) is 36.1 Å². The molecule has 4 bridgehead atoms. The van der Waals surface area contributed by atoms with Gasteiger partial charge in [-0.3, -0.25) is 10.2 Å². The van der Waals surface area contributed by atoms with Gasteiger partial charge < -0.3 is 33.5 Å². The summed E-state index contributed by atoms with van der Waals surface area (Å²) in [5.41, 5.74) is -0.352. The second-order valence-electron chi connectivity index (χ2n) is 15.6. The van der Waals surface area contributed by atoms with Gasteiger partial charge in [0.2, 0.25) is 0 Å². The van der Waals surface area contributed by atoms with E-state index in [1.165, 1.54) is 24.0 Å². The van der Waals surface area contributed by atoms with Crippen molar-refractivity contribution in [3.8, 4) is 11.5 Å². The highest BCUT2D eigenvalue weighted by atomic mass is 16.6. The highest BCUT2D eigenvalue weighted by molar-refractivity contribution is 5.76. The molecule has 2 spiro atoms. The lowest BCUT2D eigenvalue weighted by atomic mass is 9.37. The van der Waals surface area contributed by atoms with Gasteiger partial charge >= 0.3 is 5.97 Å². The maximum absolute atomic E-state index is 13.0. The summed E-state index contributed by atoms with van der Waals surface area (Å²) < 4.78 is 35.6. The molecule has 3 aliphatic carbocycles. The summed E-state index contributed by atoms with van der Waals surface area (Å²) in [6, 6.07) is 4.37. The third kappa shape index (κ3) is 4.57. The van der Waals surface area contributed by atoms with Gasteiger partial charge in [0, 0.05) is 50.2 Å². The van der Waals surface area contributed by atoms with Gasteiger partial charge in [-0.2, -0.15) is 0 Å². The van der Waals surface area contributed by atoms with Crippen LogP contribution in [0.5, 0.6) is 11.5 Å². The van der Waals surface area contributed by atoms with E-state index in [0.29, 0.717) is 37.4 Å². The summed E-state index contributed by atoms with van der Waals surface area (Å²) in [5.74, 6) is 1.19. The number of hydrogen-bond acceptors (Lipinski definition) is 10. The Morgan fingerprint density at radius 1 is 1.11 bits per heavy atom. The van der Waals surface area contributed by atoms with Gasteiger partial charge in [-0.25, -0.2) is 4.79 Å². The minimum atomic E-state index is -1.04. The first-order chi connectivity index (χ1) is 21.4. The Labute approximate surface area is 267 Å². The monoisotopic (exact) mass is 628 g/mol. The Hall–Kier alpha value is -1.79. The van der Waals surface area contributed by atoms with Crippen molar-refractivity contribution in [2.24, 2.45) is 22.7 Å². The van der Waals surface area contributed by atoms with E-state index in [2.05, 4.69) is 37.1 Å². The third-order valence-electron chi connectivity index (χ3n) is 12.6. The highest BCUT2D eigenvalue weighted by Gasteiger charge is 2.82. The van der Waals surface area contributed by atoms with E-state index in [9.17, 15) is 9.90 Å². The molecule has 5 fully saturated rings. The van der Waals surface area contributed by atoms with Crippen LogP contribution in [-0.2, 0) is 35.6 Å². The van der Waals surface area contributed by atoms with Crippen LogP contribution in [0.1, 0.15) is 64.5 Å². The topological polar surface area (TPSA) is 108 Å². The molecule has 7 aliphatic rings. The number of hydrogen-bond donors (Lipinski definition) is 2. The SMILES string of the molecule is COCCOCCOCC(=O)Oc1ccc2c3c1O[C@@H]1C4(OC)NC[C@]5(C[C@@H]4[C@](C)(O)C(C)(C)C)C(C2)N(CC2CC2)CCC315. The van der Waals surface area contributed by atoms with Crippen LogP contribution in [-0.4, -0.2) is 106 Å². The van der Waals surface area contributed by atoms with Crippen LogP contribution >= 0.6 is 0 Å². The number of carbonyl (C=O) groups excluding carboxylic acids is 1. The van der Waals surface area contributed by atoms with Crippen molar-refractivity contribution < 1.29 is 38.3 Å². The first kappa shape index (κ1) is 31.8. The largest absolute Gasteiger partial charge is 0.481 e. The molecular weight excluding hydrogens is 576 g/mol. The van der Waals surface area contributed by atoms with Crippen LogP contribution in [0.15, 0.2) is 12.1 Å². The molecule has 0 radical (unpaired) electrons. The fraction of sp³-hybridized carbons (Fsp3) is 0.800. The van der Waals surface area contributed by atoms with Gasteiger partial charge in [0.05, 0.1) is 37.4 Å². The zero-order valence-corrected chi connectivity index (χ0v) is 27.9. The molecule has 0 amide bonds. The van der Waals surface area contributed by atoms with Crippen LogP contribution in [0.3, 0.4) is 0 Å². The van der Waals surface area contributed by atoms with Gasteiger partial charge in [-0.05, 0) is 68.5 Å². The molecule has 10 nitrogen and oxygen atoms in total. The number of nitrogens with zero attached hydrogens (tertiary/aromatic N) is 1. The molecule has 8 rings (SSSR count). The number of rotatable bonds is 13. The van der Waals surface area contributed by atoms with Crippen molar-refractivity contribution in [1.29, 1.82) is 0 Å². The van der Waals surface area contributed by atoms with Gasteiger partial charge in [0.25, 0.3) is 0 Å². The quantitative estimate of drug-likeness (QED) is 0.192. The van der Waals surface area contributed by atoms with Crippen LogP contribution in [0, 0.1) is 22.7 Å². The molecule has 1 aromatic rings. The van der Waals surface area contributed by atoms with E-state index in [1.807, 2.05) is 13.0 Å². The molecular formula is C35H52N2O8. The molecule has 4 heterocycles. The second-order valence-corrected chi connectivity index (χ2v) is 15.6. The van der Waals surface area contributed by atoms with Crippen LogP contribution in [0.4, 0.5) is 0 Å². The fourth-order valence-corrected chi connectivity index (χ4v) is 9.79. The van der Waals surface area contributed by atoms with E-state index in [1.54, 1.807) is 14.2 Å². The molecule has 45 heavy (non-hydrogen) atoms. The number of ether oxygens (including phenoxy) is 6. The molecule has 0 aromatic heterocycles. The lowest BCUT2D eigenvalue weighted by Crippen LogP contribution is -2.89. The normalized spacial score (nSPS) is 35.9. The first-order valence-corrected chi connectivity index (χ1v) is 16.9. The van der Waals surface area contributed by atoms with Crippen molar-refractivity contribution in [3.63, 3.8) is 0 Å². The third-order valence-corrected chi connectivity index (χ3v) is 12.6. The average molecular weight is 629 g/mol. The van der Waals surface area contributed by atoms with Crippen molar-refractivity contribution in [2.45, 2.75) is 88.7 Å². The molecule has 7 atom stereocenters. The van der Waals surface area contributed by atoms with E-state index in [4.69, 9.17) is 28.4 Å². The molecule has 4 aliphatic heterocycles. The summed E-state index contributed by atoms with van der Waals surface area (Å²) >= 11 is 0. The van der Waals surface area contributed by atoms with E-state index >= 15 is 0 Å². The Balaban J connectivity index is 1.24. The molecule has 3 unspecified atom stereocenters. The van der Waals surface area contributed by atoms with Gasteiger partial charge in [0.1, 0.15) is 6.61 Å². The number of carbonyl (C=O) groups is 1. The lowest BCUT2D eigenvalue weighted by Gasteiger charge is -2.75. The van der Waals surface area contributed by atoms with Crippen molar-refractivity contribution in [2.75, 3.05) is 66.9 Å². The average Bonchev–Trinajstić information content (AvgIpc) is 3.75. The summed E-state index contributed by atoms with van der Waals surface area (Å²) in [4.78, 5) is 15.8. The van der Waals surface area contributed by atoms with Crippen molar-refractivity contribution >= 4 is 5.97 Å². The number of esters is 1. The van der Waals surface area contributed by atoms with Crippen LogP contribution in [0.2, 0.25) is 0 Å². The van der Waals surface area contributed by atoms with Gasteiger partial charge in [0.15, 0.2) is 23.3 Å². The van der Waals surface area contributed by atoms with Crippen LogP contribution < -0.4 is 14.8 Å². The predicted octanol–water partition coefficient (Wildman–Crippen LogP) is 3.06. The zero-order chi connectivity index (χ0) is 31.8. The summed E-state index contributed by atoms with van der Waals surface area (Å²) in [7, 11) is 3.38. The first-order valence-electron chi connectivity index (χ1n) is 16.9. The number of likely N-dealkylation sites (tertiary alicyclic amines) is 1. The summed E-state index contributed by atoms with van der Waals surface area (Å²) in [5, 5.41) is 16.3. The Kier molecular flexibility index (Phi) is 7.87. The van der Waals surface area contributed by atoms with E-state index in [0.717, 1.165) is 44.8 Å². The fourth-order valence-electron chi connectivity index (χ4n) is 9.79. The number of benzene rings is 1. The Morgan fingerprint density at radius 2 is 1.87 bits per heavy atom. The smallest absolute Gasteiger partial charge is 0.337 e. The Morgan fingerprint density at radius 3 is 2.58 bits per heavy atom. The minimum Gasteiger partial charge on any atom is -0.481 e. The minimum absolute atomic E-state index is 0.169. The van der Waals surface area contributed by atoms with Gasteiger partial charge in [-0.1, -0.05) is 26.8 Å². The molecule has 10 heteroatoms. The second kappa shape index (κ2) is 11.1. The molecule has 2 N–H and O–H groups in total. The zero-order valence-electron chi connectivity index (χ0n) is 27.9. The summed E-state index contributed by atoms with van der Waals surface area (Å²) in [6.45, 7) is 12.7. The lowest BCUT2D eigenvalue weighted by molar-refractivity contribution is -0.319. The van der Waals surface area contributed by atoms with E-state index < -0.39 is 22.7 Å². The van der Waals surface area contributed by atoms with Crippen LogP contribution in [0.25, 0.3) is 0 Å². The maximum atomic E-state index is 13.0. The van der Waals surface area contributed by atoms with Crippen molar-refractivity contribution in [3.05, 3.63) is 23.3 Å². The highest BCUT2D eigenvalue weighted by Crippen LogP contribution is 2.74. The molecule has 1 aromatic carbocycles. The molecule has 2 saturated carbocycles. The number of piperidine rings is 3. The maximum Gasteiger partial charge on any atom is 0.337 e. The van der Waals surface area contributed by atoms with Gasteiger partial charge in [-0.15, -0.1) is 0 Å². The number of fused-ring (bicyclic) bond motifs is 2. The number of aliphatic hydroxyl groups is 1. The number of methoxy groups -OCH3 is 2.